The minimum absolute atomic E-state index is 0.633. The number of rotatable bonds is 4. The maximum atomic E-state index is 3.56. The monoisotopic (exact) mass is 290 g/mol. The summed E-state index contributed by atoms with van der Waals surface area (Å²) in [4.78, 5) is 2.47. The second-order valence-corrected chi connectivity index (χ2v) is 6.47. The Kier molecular flexibility index (Phi) is 3.38. The number of anilines is 3. The van der Waals surface area contributed by atoms with Gasteiger partial charge in [0.25, 0.3) is 0 Å². The first kappa shape index (κ1) is 13.4. The number of fused-ring (bicyclic) bond motifs is 2. The fraction of sp³-hybridized carbons (Fsp3) is 0.300. The van der Waals surface area contributed by atoms with E-state index in [2.05, 4.69) is 77.9 Å². The lowest BCUT2D eigenvalue weighted by Crippen LogP contribution is -2.35. The number of hydrogen-bond acceptors (Lipinski definition) is 2. The van der Waals surface area contributed by atoms with Crippen molar-refractivity contribution in [3.05, 3.63) is 66.7 Å². The summed E-state index contributed by atoms with van der Waals surface area (Å²) in [5.74, 6) is 1.52. The predicted molar refractivity (Wildman–Crippen MR) is 93.7 cm³/mol. The summed E-state index contributed by atoms with van der Waals surface area (Å²) in [7, 11) is 2.24. The Hall–Kier alpha value is -2.22. The first-order valence-electron chi connectivity index (χ1n) is 8.13. The van der Waals surface area contributed by atoms with Crippen molar-refractivity contribution in [3.8, 4) is 0 Å². The number of allylic oxidation sites excluding steroid dienone is 1. The average molecular weight is 290 g/mol. The SMILES string of the molecule is CN(c1ccccc1Nc1ccccc1)C1CC2C=CC1C2. The zero-order valence-electron chi connectivity index (χ0n) is 12.9. The number of benzene rings is 2. The van der Waals surface area contributed by atoms with E-state index in [1.165, 1.54) is 24.2 Å². The van der Waals surface area contributed by atoms with E-state index in [0.29, 0.717) is 6.04 Å². The van der Waals surface area contributed by atoms with Gasteiger partial charge in [-0.2, -0.15) is 0 Å². The van der Waals surface area contributed by atoms with Gasteiger partial charge >= 0.3 is 0 Å². The maximum Gasteiger partial charge on any atom is 0.0622 e. The molecular weight excluding hydrogens is 268 g/mol. The number of hydrogen-bond donors (Lipinski definition) is 1. The molecule has 2 heteroatoms. The van der Waals surface area contributed by atoms with Crippen LogP contribution in [0.5, 0.6) is 0 Å². The summed E-state index contributed by atoms with van der Waals surface area (Å²) >= 11 is 0. The quantitative estimate of drug-likeness (QED) is 0.811. The molecule has 2 aliphatic carbocycles. The lowest BCUT2D eigenvalue weighted by Gasteiger charge is -2.33. The summed E-state index contributed by atoms with van der Waals surface area (Å²) in [6, 6.07) is 19.6. The van der Waals surface area contributed by atoms with Gasteiger partial charge in [0.15, 0.2) is 0 Å². The van der Waals surface area contributed by atoms with Crippen molar-refractivity contribution in [2.45, 2.75) is 18.9 Å². The van der Waals surface area contributed by atoms with Gasteiger partial charge in [0.1, 0.15) is 0 Å². The van der Waals surface area contributed by atoms with Crippen molar-refractivity contribution >= 4 is 17.1 Å². The van der Waals surface area contributed by atoms with Crippen molar-refractivity contribution in [2.75, 3.05) is 17.3 Å². The van der Waals surface area contributed by atoms with Crippen LogP contribution in [0.3, 0.4) is 0 Å². The molecule has 2 nitrogen and oxygen atoms in total. The van der Waals surface area contributed by atoms with Crippen LogP contribution in [-0.4, -0.2) is 13.1 Å². The molecule has 2 aromatic rings. The molecule has 0 spiro atoms. The average Bonchev–Trinajstić information content (AvgIpc) is 3.19. The van der Waals surface area contributed by atoms with Crippen LogP contribution in [-0.2, 0) is 0 Å². The first-order chi connectivity index (χ1) is 10.8. The molecule has 0 aliphatic heterocycles. The second kappa shape index (κ2) is 5.53. The van der Waals surface area contributed by atoms with E-state index >= 15 is 0 Å². The lowest BCUT2D eigenvalue weighted by molar-refractivity contribution is 0.545. The molecule has 0 radical (unpaired) electrons. The summed E-state index contributed by atoms with van der Waals surface area (Å²) < 4.78 is 0. The van der Waals surface area contributed by atoms with E-state index in [-0.39, 0.29) is 0 Å². The Morgan fingerprint density at radius 1 is 0.909 bits per heavy atom. The molecule has 1 fully saturated rings. The van der Waals surface area contributed by atoms with Crippen molar-refractivity contribution in [1.29, 1.82) is 0 Å². The van der Waals surface area contributed by atoms with Gasteiger partial charge in [0.05, 0.1) is 11.4 Å². The zero-order chi connectivity index (χ0) is 14.9. The normalized spacial score (nSPS) is 25.4. The highest BCUT2D eigenvalue weighted by Crippen LogP contribution is 2.43. The fourth-order valence-electron chi connectivity index (χ4n) is 3.94. The third-order valence-electron chi connectivity index (χ3n) is 5.08. The molecule has 1 N–H and O–H groups in total. The third-order valence-corrected chi connectivity index (χ3v) is 5.08. The number of nitrogens with one attached hydrogen (secondary N) is 1. The molecule has 3 unspecified atom stereocenters. The molecule has 112 valence electrons. The molecule has 22 heavy (non-hydrogen) atoms. The van der Waals surface area contributed by atoms with Gasteiger partial charge in [-0.3, -0.25) is 0 Å². The van der Waals surface area contributed by atoms with E-state index < -0.39 is 0 Å². The van der Waals surface area contributed by atoms with Crippen LogP contribution in [0.4, 0.5) is 17.1 Å². The molecule has 0 amide bonds. The molecule has 4 rings (SSSR count). The first-order valence-corrected chi connectivity index (χ1v) is 8.13. The standard InChI is InChI=1S/C20H22N2/c1-22(20-14-15-11-12-16(20)13-15)19-10-6-5-9-18(19)21-17-7-3-2-4-8-17/h2-12,15-16,20-21H,13-14H2,1H3. The van der Waals surface area contributed by atoms with E-state index in [4.69, 9.17) is 0 Å². The van der Waals surface area contributed by atoms with E-state index in [1.807, 2.05) is 6.07 Å². The molecule has 0 saturated heterocycles. The van der Waals surface area contributed by atoms with Crippen molar-refractivity contribution in [2.24, 2.45) is 11.8 Å². The topological polar surface area (TPSA) is 15.3 Å². The van der Waals surface area contributed by atoms with Crippen molar-refractivity contribution in [3.63, 3.8) is 0 Å². The van der Waals surface area contributed by atoms with Gasteiger partial charge < -0.3 is 10.2 Å². The van der Waals surface area contributed by atoms with Gasteiger partial charge in [-0.1, -0.05) is 42.5 Å². The Bertz CT molecular complexity index is 677. The Morgan fingerprint density at radius 2 is 1.68 bits per heavy atom. The summed E-state index contributed by atoms with van der Waals surface area (Å²) in [5, 5.41) is 3.56. The fourth-order valence-corrected chi connectivity index (χ4v) is 3.94. The van der Waals surface area contributed by atoms with Crippen LogP contribution >= 0.6 is 0 Å². The number of nitrogens with zero attached hydrogens (tertiary/aromatic N) is 1. The van der Waals surface area contributed by atoms with Crippen LogP contribution in [0.25, 0.3) is 0 Å². The van der Waals surface area contributed by atoms with E-state index in [0.717, 1.165) is 17.5 Å². The minimum Gasteiger partial charge on any atom is -0.369 e. The van der Waals surface area contributed by atoms with Crippen molar-refractivity contribution < 1.29 is 0 Å². The van der Waals surface area contributed by atoms with Crippen LogP contribution in [0.15, 0.2) is 66.7 Å². The second-order valence-electron chi connectivity index (χ2n) is 6.47. The van der Waals surface area contributed by atoms with Gasteiger partial charge in [0, 0.05) is 18.8 Å². The molecule has 0 aromatic heterocycles. The largest absolute Gasteiger partial charge is 0.369 e. The maximum absolute atomic E-state index is 3.56. The molecule has 2 aromatic carbocycles. The highest BCUT2D eigenvalue weighted by molar-refractivity contribution is 5.75. The van der Waals surface area contributed by atoms with Gasteiger partial charge in [-0.15, -0.1) is 0 Å². The molecule has 2 bridgehead atoms. The smallest absolute Gasteiger partial charge is 0.0622 e. The predicted octanol–water partition coefficient (Wildman–Crippen LogP) is 4.83. The van der Waals surface area contributed by atoms with Crippen LogP contribution < -0.4 is 10.2 Å². The van der Waals surface area contributed by atoms with E-state index in [1.54, 1.807) is 0 Å². The molecular formula is C20H22N2. The van der Waals surface area contributed by atoms with Crippen LogP contribution in [0.1, 0.15) is 12.8 Å². The molecule has 2 aliphatic rings. The molecule has 1 saturated carbocycles. The van der Waals surface area contributed by atoms with Crippen molar-refractivity contribution in [1.82, 2.24) is 0 Å². The lowest BCUT2D eigenvalue weighted by atomic mass is 9.99. The summed E-state index contributed by atoms with van der Waals surface area (Å²) in [6.07, 6.45) is 7.45. The van der Waals surface area contributed by atoms with Crippen LogP contribution in [0, 0.1) is 11.8 Å². The van der Waals surface area contributed by atoms with Gasteiger partial charge in [-0.25, -0.2) is 0 Å². The number of para-hydroxylation sites is 3. The molecule has 0 heterocycles. The third kappa shape index (κ3) is 2.39. The summed E-state index contributed by atoms with van der Waals surface area (Å²) in [6.45, 7) is 0. The highest BCUT2D eigenvalue weighted by Gasteiger charge is 2.38. The zero-order valence-corrected chi connectivity index (χ0v) is 12.9. The highest BCUT2D eigenvalue weighted by atomic mass is 15.2. The Morgan fingerprint density at radius 3 is 2.41 bits per heavy atom. The van der Waals surface area contributed by atoms with Gasteiger partial charge in [0.2, 0.25) is 0 Å². The Balaban J connectivity index is 1.60. The Labute approximate surface area is 132 Å². The molecule has 3 atom stereocenters. The summed E-state index contributed by atoms with van der Waals surface area (Å²) in [5.41, 5.74) is 3.61. The van der Waals surface area contributed by atoms with E-state index in [9.17, 15) is 0 Å². The van der Waals surface area contributed by atoms with Gasteiger partial charge in [-0.05, 0) is 48.9 Å². The van der Waals surface area contributed by atoms with Crippen LogP contribution in [0.2, 0.25) is 0 Å². The minimum atomic E-state index is 0.633.